The summed E-state index contributed by atoms with van der Waals surface area (Å²) in [4.78, 5) is 24.4. The molecule has 0 bridgehead atoms. The van der Waals surface area contributed by atoms with Crippen LogP contribution in [0.4, 0.5) is 11.4 Å². The van der Waals surface area contributed by atoms with Gasteiger partial charge in [0.15, 0.2) is 0 Å². The summed E-state index contributed by atoms with van der Waals surface area (Å²) in [6, 6.07) is 23.1. The second kappa shape index (κ2) is 10.3. The van der Waals surface area contributed by atoms with E-state index in [0.717, 1.165) is 5.75 Å². The lowest BCUT2D eigenvalue weighted by atomic mass is 10.2. The number of anilines is 2. The molecule has 3 aromatic carbocycles. The van der Waals surface area contributed by atoms with Crippen LogP contribution in [0.25, 0.3) is 0 Å². The second-order valence-electron chi connectivity index (χ2n) is 6.36. The van der Waals surface area contributed by atoms with Crippen LogP contribution in [0.2, 0.25) is 5.02 Å². The molecular formula is C23H21ClN2O3. The number of ether oxygens (including phenoxy) is 1. The summed E-state index contributed by atoms with van der Waals surface area (Å²) in [6.07, 6.45) is 0.910. The quantitative estimate of drug-likeness (QED) is 0.491. The van der Waals surface area contributed by atoms with Crippen LogP contribution in [0, 0.1) is 0 Å². The number of hydrogen-bond donors (Lipinski definition) is 2. The van der Waals surface area contributed by atoms with Crippen molar-refractivity contribution in [3.8, 4) is 5.75 Å². The number of carbonyl (C=O) groups excluding carboxylic acids is 2. The molecule has 29 heavy (non-hydrogen) atoms. The molecule has 0 unspecified atom stereocenters. The average Bonchev–Trinajstić information content (AvgIpc) is 2.73. The van der Waals surface area contributed by atoms with Crippen LogP contribution in [-0.2, 0) is 4.79 Å². The monoisotopic (exact) mass is 408 g/mol. The molecule has 2 N–H and O–H groups in total. The van der Waals surface area contributed by atoms with Crippen LogP contribution in [-0.4, -0.2) is 18.4 Å². The number of halogens is 1. The molecule has 0 heterocycles. The number of nitrogens with one attached hydrogen (secondary N) is 2. The van der Waals surface area contributed by atoms with Crippen LogP contribution in [0.1, 0.15) is 23.2 Å². The van der Waals surface area contributed by atoms with Gasteiger partial charge in [-0.1, -0.05) is 35.9 Å². The molecule has 0 aromatic heterocycles. The van der Waals surface area contributed by atoms with Crippen LogP contribution < -0.4 is 15.4 Å². The van der Waals surface area contributed by atoms with E-state index in [1.165, 1.54) is 0 Å². The Morgan fingerprint density at radius 1 is 0.828 bits per heavy atom. The minimum atomic E-state index is -0.201. The van der Waals surface area contributed by atoms with E-state index in [9.17, 15) is 9.59 Å². The first-order chi connectivity index (χ1) is 14.1. The maximum Gasteiger partial charge on any atom is 0.255 e. The molecule has 0 atom stereocenters. The van der Waals surface area contributed by atoms with Gasteiger partial charge in [0, 0.05) is 28.4 Å². The lowest BCUT2D eigenvalue weighted by Gasteiger charge is -2.09. The highest BCUT2D eigenvalue weighted by molar-refractivity contribution is 6.30. The maximum absolute atomic E-state index is 12.2. The van der Waals surface area contributed by atoms with Crippen molar-refractivity contribution in [3.05, 3.63) is 89.4 Å². The van der Waals surface area contributed by atoms with Crippen molar-refractivity contribution < 1.29 is 14.3 Å². The van der Waals surface area contributed by atoms with E-state index in [1.54, 1.807) is 60.7 Å². The van der Waals surface area contributed by atoms with Gasteiger partial charge in [-0.3, -0.25) is 9.59 Å². The fourth-order valence-corrected chi connectivity index (χ4v) is 2.77. The minimum Gasteiger partial charge on any atom is -0.494 e. The first-order valence-corrected chi connectivity index (χ1v) is 9.62. The lowest BCUT2D eigenvalue weighted by Crippen LogP contribution is -2.14. The minimum absolute atomic E-state index is 0.115. The van der Waals surface area contributed by atoms with Crippen molar-refractivity contribution in [2.24, 2.45) is 0 Å². The molecule has 0 radical (unpaired) electrons. The van der Waals surface area contributed by atoms with Gasteiger partial charge in [-0.15, -0.1) is 0 Å². The molecular weight excluding hydrogens is 388 g/mol. The van der Waals surface area contributed by atoms with E-state index in [2.05, 4.69) is 10.6 Å². The fourth-order valence-electron chi connectivity index (χ4n) is 2.64. The number of hydrogen-bond acceptors (Lipinski definition) is 3. The van der Waals surface area contributed by atoms with Crippen molar-refractivity contribution in [2.45, 2.75) is 12.8 Å². The van der Waals surface area contributed by atoms with Gasteiger partial charge in [0.1, 0.15) is 5.75 Å². The third kappa shape index (κ3) is 6.66. The molecule has 3 aromatic rings. The van der Waals surface area contributed by atoms with Crippen molar-refractivity contribution >= 4 is 34.8 Å². The Hall–Kier alpha value is -3.31. The SMILES string of the molecule is O=C(CCCOc1ccc(Cl)cc1)Nc1cccc(NC(=O)c2ccccc2)c1. The predicted octanol–water partition coefficient (Wildman–Crippen LogP) is 5.39. The van der Waals surface area contributed by atoms with E-state index >= 15 is 0 Å². The molecule has 2 amide bonds. The molecule has 0 fully saturated rings. The zero-order valence-electron chi connectivity index (χ0n) is 15.7. The Bertz CT molecular complexity index is 959. The van der Waals surface area contributed by atoms with Crippen molar-refractivity contribution in [1.29, 1.82) is 0 Å². The molecule has 0 aliphatic heterocycles. The zero-order valence-corrected chi connectivity index (χ0v) is 16.5. The van der Waals surface area contributed by atoms with Gasteiger partial charge in [-0.05, 0) is 61.0 Å². The van der Waals surface area contributed by atoms with Crippen molar-refractivity contribution in [3.63, 3.8) is 0 Å². The third-order valence-corrected chi connectivity index (χ3v) is 4.32. The van der Waals surface area contributed by atoms with Crippen LogP contribution in [0.15, 0.2) is 78.9 Å². The zero-order chi connectivity index (χ0) is 20.5. The Kier molecular flexibility index (Phi) is 7.25. The van der Waals surface area contributed by atoms with Gasteiger partial charge in [0.05, 0.1) is 6.61 Å². The van der Waals surface area contributed by atoms with Gasteiger partial charge >= 0.3 is 0 Å². The number of rotatable bonds is 8. The van der Waals surface area contributed by atoms with E-state index in [0.29, 0.717) is 41.4 Å². The highest BCUT2D eigenvalue weighted by Gasteiger charge is 2.07. The predicted molar refractivity (Wildman–Crippen MR) is 116 cm³/mol. The van der Waals surface area contributed by atoms with E-state index in [1.807, 2.05) is 18.2 Å². The normalized spacial score (nSPS) is 10.2. The van der Waals surface area contributed by atoms with Gasteiger partial charge in [-0.2, -0.15) is 0 Å². The number of amides is 2. The smallest absolute Gasteiger partial charge is 0.255 e. The summed E-state index contributed by atoms with van der Waals surface area (Å²) in [5.74, 6) is 0.404. The van der Waals surface area contributed by atoms with Crippen molar-refractivity contribution in [1.82, 2.24) is 0 Å². The summed E-state index contributed by atoms with van der Waals surface area (Å²) < 4.78 is 5.58. The highest BCUT2D eigenvalue weighted by Crippen LogP contribution is 2.18. The second-order valence-corrected chi connectivity index (χ2v) is 6.79. The topological polar surface area (TPSA) is 67.4 Å². The largest absolute Gasteiger partial charge is 0.494 e. The summed E-state index contributed by atoms with van der Waals surface area (Å²) in [6.45, 7) is 0.433. The molecule has 0 saturated carbocycles. The van der Waals surface area contributed by atoms with Gasteiger partial charge in [0.25, 0.3) is 5.91 Å². The fraction of sp³-hybridized carbons (Fsp3) is 0.130. The summed E-state index contributed by atoms with van der Waals surface area (Å²) in [7, 11) is 0. The summed E-state index contributed by atoms with van der Waals surface area (Å²) in [5, 5.41) is 6.32. The standard InChI is InChI=1S/C23H21ClN2O3/c24-18-11-13-21(14-12-18)29-15-5-10-22(27)25-19-8-4-9-20(16-19)26-23(28)17-6-2-1-3-7-17/h1-4,6-9,11-14,16H,5,10,15H2,(H,25,27)(H,26,28). The van der Waals surface area contributed by atoms with Gasteiger partial charge in [-0.25, -0.2) is 0 Å². The lowest BCUT2D eigenvalue weighted by molar-refractivity contribution is -0.116. The molecule has 0 saturated heterocycles. The molecule has 0 spiro atoms. The maximum atomic E-state index is 12.2. The van der Waals surface area contributed by atoms with Gasteiger partial charge < -0.3 is 15.4 Å². The first-order valence-electron chi connectivity index (χ1n) is 9.25. The van der Waals surface area contributed by atoms with Crippen LogP contribution >= 0.6 is 11.6 Å². The first kappa shape index (κ1) is 20.4. The molecule has 3 rings (SSSR count). The molecule has 0 aliphatic carbocycles. The Balaban J connectivity index is 1.45. The molecule has 6 heteroatoms. The number of benzene rings is 3. The Morgan fingerprint density at radius 3 is 2.24 bits per heavy atom. The number of carbonyl (C=O) groups is 2. The molecule has 148 valence electrons. The summed E-state index contributed by atoms with van der Waals surface area (Å²) >= 11 is 5.83. The van der Waals surface area contributed by atoms with Gasteiger partial charge in [0.2, 0.25) is 5.91 Å². The molecule has 0 aliphatic rings. The summed E-state index contributed by atoms with van der Waals surface area (Å²) in [5.41, 5.74) is 1.81. The van der Waals surface area contributed by atoms with E-state index in [4.69, 9.17) is 16.3 Å². The third-order valence-electron chi connectivity index (χ3n) is 4.07. The van der Waals surface area contributed by atoms with E-state index in [-0.39, 0.29) is 11.8 Å². The average molecular weight is 409 g/mol. The Morgan fingerprint density at radius 2 is 1.52 bits per heavy atom. The Labute approximate surface area is 174 Å². The highest BCUT2D eigenvalue weighted by atomic mass is 35.5. The molecule has 5 nitrogen and oxygen atoms in total. The van der Waals surface area contributed by atoms with Crippen LogP contribution in [0.3, 0.4) is 0 Å². The van der Waals surface area contributed by atoms with Crippen molar-refractivity contribution in [2.75, 3.05) is 17.2 Å². The van der Waals surface area contributed by atoms with E-state index < -0.39 is 0 Å². The van der Waals surface area contributed by atoms with Crippen LogP contribution in [0.5, 0.6) is 5.75 Å².